The molecule has 45 heavy (non-hydrogen) atoms. The first-order valence-electron chi connectivity index (χ1n) is 14.8. The lowest BCUT2D eigenvalue weighted by atomic mass is 10.1. The van der Waals surface area contributed by atoms with Crippen LogP contribution in [-0.4, -0.2) is 58.0 Å². The molecule has 0 heterocycles. The zero-order valence-corrected chi connectivity index (χ0v) is 28.2. The maximum absolute atomic E-state index is 14.4. The lowest BCUT2D eigenvalue weighted by Gasteiger charge is -2.34. The molecule has 0 saturated heterocycles. The number of carbonyl (C=O) groups excluding carboxylic acids is 2. The van der Waals surface area contributed by atoms with Gasteiger partial charge >= 0.3 is 0 Å². The van der Waals surface area contributed by atoms with Gasteiger partial charge in [0.05, 0.1) is 24.8 Å². The van der Waals surface area contributed by atoms with Crippen LogP contribution in [0.25, 0.3) is 0 Å². The average Bonchev–Trinajstić information content (AvgIpc) is 3.53. The molecule has 3 aromatic rings. The fourth-order valence-electron chi connectivity index (χ4n) is 5.46. The summed E-state index contributed by atoms with van der Waals surface area (Å²) in [4.78, 5) is 29.5. The molecule has 9 nitrogen and oxygen atoms in total. The van der Waals surface area contributed by atoms with Crippen molar-refractivity contribution in [2.45, 2.75) is 69.5 Å². The molecule has 1 aliphatic rings. The molecule has 12 heteroatoms. The Morgan fingerprint density at radius 1 is 0.978 bits per heavy atom. The number of amides is 2. The van der Waals surface area contributed by atoms with Gasteiger partial charge in [-0.3, -0.25) is 13.9 Å². The van der Waals surface area contributed by atoms with E-state index < -0.39 is 28.5 Å². The van der Waals surface area contributed by atoms with Crippen LogP contribution < -0.4 is 19.1 Å². The van der Waals surface area contributed by atoms with E-state index in [-0.39, 0.29) is 34.8 Å². The number of methoxy groups -OCH3 is 2. The molecular weight excluding hydrogens is 637 g/mol. The molecule has 4 rings (SSSR count). The second-order valence-electron chi connectivity index (χ2n) is 11.0. The van der Waals surface area contributed by atoms with E-state index >= 15 is 0 Å². The van der Waals surface area contributed by atoms with Gasteiger partial charge < -0.3 is 19.7 Å². The van der Waals surface area contributed by atoms with Crippen LogP contribution in [-0.2, 0) is 26.2 Å². The minimum atomic E-state index is -4.31. The van der Waals surface area contributed by atoms with Crippen molar-refractivity contribution in [2.75, 3.05) is 25.1 Å². The van der Waals surface area contributed by atoms with Gasteiger partial charge in [-0.15, -0.1) is 0 Å². The van der Waals surface area contributed by atoms with Crippen LogP contribution in [0.1, 0.15) is 50.2 Å². The maximum Gasteiger partial charge on any atom is 0.264 e. The van der Waals surface area contributed by atoms with Crippen molar-refractivity contribution in [2.24, 2.45) is 0 Å². The van der Waals surface area contributed by atoms with E-state index in [0.717, 1.165) is 35.6 Å². The normalized spacial score (nSPS) is 14.1. The van der Waals surface area contributed by atoms with Gasteiger partial charge in [-0.2, -0.15) is 0 Å². The van der Waals surface area contributed by atoms with Crippen LogP contribution in [0.15, 0.2) is 65.6 Å². The van der Waals surface area contributed by atoms with Crippen molar-refractivity contribution in [3.8, 4) is 11.5 Å². The third-order valence-corrected chi connectivity index (χ3v) is 10.3. The number of ether oxygens (including phenoxy) is 2. The molecule has 0 unspecified atom stereocenters. The minimum absolute atomic E-state index is 0.0101. The highest BCUT2D eigenvalue weighted by Crippen LogP contribution is 2.36. The summed E-state index contributed by atoms with van der Waals surface area (Å²) < 4.78 is 40.5. The zero-order chi connectivity index (χ0) is 32.7. The number of halogens is 2. The predicted octanol–water partition coefficient (Wildman–Crippen LogP) is 6.38. The van der Waals surface area contributed by atoms with Gasteiger partial charge in [0.15, 0.2) is 0 Å². The van der Waals surface area contributed by atoms with Crippen LogP contribution in [0.4, 0.5) is 5.69 Å². The molecule has 242 valence electrons. The summed E-state index contributed by atoms with van der Waals surface area (Å²) in [6.07, 6.45) is 4.09. The van der Waals surface area contributed by atoms with Crippen LogP contribution in [0.2, 0.25) is 10.0 Å². The topological polar surface area (TPSA) is 105 Å². The van der Waals surface area contributed by atoms with Gasteiger partial charge in [0, 0.05) is 28.7 Å². The number of sulfonamides is 1. The molecule has 0 aliphatic heterocycles. The number of hydrogen-bond donors (Lipinski definition) is 1. The van der Waals surface area contributed by atoms with E-state index in [1.165, 1.54) is 37.3 Å². The van der Waals surface area contributed by atoms with E-state index in [1.807, 2.05) is 13.8 Å². The van der Waals surface area contributed by atoms with Gasteiger partial charge in [-0.25, -0.2) is 8.42 Å². The number of hydrogen-bond acceptors (Lipinski definition) is 6. The second kappa shape index (κ2) is 15.2. The predicted molar refractivity (Wildman–Crippen MR) is 177 cm³/mol. The first kappa shape index (κ1) is 34.4. The number of anilines is 1. The van der Waals surface area contributed by atoms with Crippen molar-refractivity contribution in [3.05, 3.63) is 81.8 Å². The SMILES string of the molecule is CC[C@H](C(=O)NC1CCCC1)N(Cc1ccc(Cl)cc1Cl)C(=O)CN(c1cc(OC)ccc1OC)S(=O)(=O)c1ccc(C)cc1. The first-order chi connectivity index (χ1) is 21.5. The highest BCUT2D eigenvalue weighted by atomic mass is 35.5. The molecule has 3 aromatic carbocycles. The summed E-state index contributed by atoms with van der Waals surface area (Å²) in [6, 6.07) is 15.1. The molecule has 0 spiro atoms. The fraction of sp³-hybridized carbons (Fsp3) is 0.394. The van der Waals surface area contributed by atoms with Gasteiger partial charge in [-0.1, -0.05) is 66.7 Å². The molecule has 1 fully saturated rings. The molecule has 1 saturated carbocycles. The van der Waals surface area contributed by atoms with Crippen LogP contribution in [0.5, 0.6) is 11.5 Å². The average molecular weight is 677 g/mol. The number of rotatable bonds is 13. The molecule has 0 aromatic heterocycles. The maximum atomic E-state index is 14.4. The summed E-state index contributed by atoms with van der Waals surface area (Å²) in [6.45, 7) is 3.00. The van der Waals surface area contributed by atoms with Gasteiger partial charge in [0.25, 0.3) is 10.0 Å². The number of aryl methyl sites for hydroxylation is 1. The molecule has 2 amide bonds. The summed E-state index contributed by atoms with van der Waals surface area (Å²) >= 11 is 12.7. The minimum Gasteiger partial charge on any atom is -0.497 e. The van der Waals surface area contributed by atoms with Crippen LogP contribution in [0, 0.1) is 6.92 Å². The highest BCUT2D eigenvalue weighted by molar-refractivity contribution is 7.92. The van der Waals surface area contributed by atoms with Crippen molar-refractivity contribution in [1.29, 1.82) is 0 Å². The molecule has 0 bridgehead atoms. The van der Waals surface area contributed by atoms with Crippen LogP contribution in [0.3, 0.4) is 0 Å². The zero-order valence-electron chi connectivity index (χ0n) is 25.9. The summed E-state index contributed by atoms with van der Waals surface area (Å²) in [7, 11) is -1.43. The smallest absolute Gasteiger partial charge is 0.264 e. The van der Waals surface area contributed by atoms with E-state index in [1.54, 1.807) is 42.5 Å². The monoisotopic (exact) mass is 675 g/mol. The van der Waals surface area contributed by atoms with Crippen molar-refractivity contribution in [3.63, 3.8) is 0 Å². The van der Waals surface area contributed by atoms with Gasteiger partial charge in [0.2, 0.25) is 11.8 Å². The number of nitrogens with zero attached hydrogens (tertiary/aromatic N) is 2. The quantitative estimate of drug-likeness (QED) is 0.225. The van der Waals surface area contributed by atoms with Gasteiger partial charge in [0.1, 0.15) is 24.1 Å². The molecular formula is C33H39Cl2N3O6S. The van der Waals surface area contributed by atoms with E-state index in [4.69, 9.17) is 32.7 Å². The highest BCUT2D eigenvalue weighted by Gasteiger charge is 2.36. The Morgan fingerprint density at radius 3 is 2.27 bits per heavy atom. The van der Waals surface area contributed by atoms with Crippen molar-refractivity contribution >= 4 is 50.7 Å². The van der Waals surface area contributed by atoms with Crippen molar-refractivity contribution in [1.82, 2.24) is 10.2 Å². The van der Waals surface area contributed by atoms with E-state index in [9.17, 15) is 18.0 Å². The number of benzene rings is 3. The van der Waals surface area contributed by atoms with E-state index in [2.05, 4.69) is 5.32 Å². The summed E-state index contributed by atoms with van der Waals surface area (Å²) in [5.74, 6) is -0.308. The number of carbonyl (C=O) groups is 2. The third kappa shape index (κ3) is 8.23. The Kier molecular flexibility index (Phi) is 11.6. The Hall–Kier alpha value is -3.47. The second-order valence-corrected chi connectivity index (χ2v) is 13.7. The molecule has 1 aliphatic carbocycles. The lowest BCUT2D eigenvalue weighted by Crippen LogP contribution is -2.53. The molecule has 0 radical (unpaired) electrons. The van der Waals surface area contributed by atoms with E-state index in [0.29, 0.717) is 27.8 Å². The first-order valence-corrected chi connectivity index (χ1v) is 17.0. The summed E-state index contributed by atoms with van der Waals surface area (Å²) in [5.41, 5.74) is 1.55. The molecule has 1 N–H and O–H groups in total. The fourth-order valence-corrected chi connectivity index (χ4v) is 7.35. The number of nitrogens with one attached hydrogen (secondary N) is 1. The Bertz CT molecular complexity index is 1610. The summed E-state index contributed by atoms with van der Waals surface area (Å²) in [5, 5.41) is 3.85. The standard InChI is InChI=1S/C33H39Cl2N3O6S/c1-5-29(33(40)36-25-8-6-7-9-25)37(20-23-12-13-24(34)18-28(23)35)32(39)21-38(30-19-26(43-3)14-17-31(30)44-4)45(41,42)27-15-10-22(2)11-16-27/h10-19,25,29H,5-9,20-21H2,1-4H3,(H,36,40)/t29-/m1/s1. The molecule has 1 atom stereocenters. The Morgan fingerprint density at radius 2 is 1.67 bits per heavy atom. The lowest BCUT2D eigenvalue weighted by molar-refractivity contribution is -0.140. The Balaban J connectivity index is 1.80. The largest absolute Gasteiger partial charge is 0.497 e. The third-order valence-electron chi connectivity index (χ3n) is 7.99. The Labute approximate surface area is 275 Å². The van der Waals surface area contributed by atoms with Gasteiger partial charge in [-0.05, 0) is 68.1 Å². The van der Waals surface area contributed by atoms with Crippen LogP contribution >= 0.6 is 23.2 Å². The van der Waals surface area contributed by atoms with Crippen molar-refractivity contribution < 1.29 is 27.5 Å².